The Morgan fingerprint density at radius 1 is 0.973 bits per heavy atom. The van der Waals surface area contributed by atoms with Gasteiger partial charge in [-0.25, -0.2) is 0 Å². The van der Waals surface area contributed by atoms with Crippen LogP contribution in [-0.2, 0) is 11.3 Å². The number of aromatic hydroxyl groups is 1. The van der Waals surface area contributed by atoms with Crippen molar-refractivity contribution in [3.63, 3.8) is 0 Å². The molecule has 1 unspecified atom stereocenters. The summed E-state index contributed by atoms with van der Waals surface area (Å²) in [4.78, 5) is 0.487. The highest BCUT2D eigenvalue weighted by Gasteiger charge is 2.34. The number of rotatable bonds is 8. The van der Waals surface area contributed by atoms with Crippen LogP contribution in [0.3, 0.4) is 0 Å². The summed E-state index contributed by atoms with van der Waals surface area (Å²) < 4.78 is 33.2. The van der Waals surface area contributed by atoms with Crippen molar-refractivity contribution in [2.75, 3.05) is 19.8 Å². The van der Waals surface area contributed by atoms with Gasteiger partial charge in [0.2, 0.25) is 4.88 Å². The van der Waals surface area contributed by atoms with E-state index in [1.165, 1.54) is 33.9 Å². The third-order valence-corrected chi connectivity index (χ3v) is 7.95. The van der Waals surface area contributed by atoms with Crippen LogP contribution in [0.4, 0.5) is 0 Å². The van der Waals surface area contributed by atoms with Gasteiger partial charge in [-0.2, -0.15) is 0 Å². The molecule has 1 aliphatic heterocycles. The van der Waals surface area contributed by atoms with Crippen molar-refractivity contribution >= 4 is 10.9 Å². The molecule has 192 valence electrons. The van der Waals surface area contributed by atoms with E-state index in [0.29, 0.717) is 23.8 Å². The van der Waals surface area contributed by atoms with E-state index < -0.39 is 10.9 Å². The summed E-state index contributed by atoms with van der Waals surface area (Å²) >= 11 is 0. The molecule has 2 heterocycles. The first-order valence-corrected chi connectivity index (χ1v) is 13.4. The Bertz CT molecular complexity index is 1400. The number of aryl methyl sites for hydroxylation is 2. The van der Waals surface area contributed by atoms with Gasteiger partial charge in [0.05, 0.1) is 36.8 Å². The molecule has 0 bridgehead atoms. The van der Waals surface area contributed by atoms with Gasteiger partial charge in [-0.15, -0.1) is 0 Å². The van der Waals surface area contributed by atoms with Crippen LogP contribution in [0.2, 0.25) is 0 Å². The average Bonchev–Trinajstić information content (AvgIpc) is 3.19. The van der Waals surface area contributed by atoms with Crippen molar-refractivity contribution < 1.29 is 23.9 Å². The molecule has 1 atom stereocenters. The van der Waals surface area contributed by atoms with Gasteiger partial charge in [0.1, 0.15) is 18.1 Å². The highest BCUT2D eigenvalue weighted by Crippen LogP contribution is 2.36. The van der Waals surface area contributed by atoms with E-state index >= 15 is 0 Å². The van der Waals surface area contributed by atoms with Crippen LogP contribution in [0.1, 0.15) is 29.2 Å². The average molecular weight is 518 g/mol. The van der Waals surface area contributed by atoms with Gasteiger partial charge in [0.25, 0.3) is 5.88 Å². The fourth-order valence-corrected chi connectivity index (χ4v) is 5.59. The highest BCUT2D eigenvalue weighted by molar-refractivity contribution is 7.23. The number of ether oxygens (including phenoxy) is 3. The predicted octanol–water partition coefficient (Wildman–Crippen LogP) is 6.77. The minimum Gasteiger partial charge on any atom is -0.568 e. The molecule has 0 aliphatic carbocycles. The van der Waals surface area contributed by atoms with E-state index in [0.717, 1.165) is 30.1 Å². The highest BCUT2D eigenvalue weighted by atomic mass is 32.2. The standard InChI is InChI=1S/C30H31NO5S/c1-19-12-25(36-18-30(4)16-34-17-30)13-20(2)29(19)26-7-5-6-23(21(26)3)15-35-24-10-8-22(9-11-24)27-14-28(32)31-37(27)33/h5-14H,15-18H2,1-4H3,(H,31,32). The first kappa shape index (κ1) is 25.3. The Labute approximate surface area is 220 Å². The molecule has 6 nitrogen and oxygen atoms in total. The maximum atomic E-state index is 12.0. The quantitative estimate of drug-likeness (QED) is 0.260. The van der Waals surface area contributed by atoms with Gasteiger partial charge in [0, 0.05) is 15.4 Å². The monoisotopic (exact) mass is 517 g/mol. The fraction of sp³-hybridized carbons (Fsp3) is 0.300. The molecule has 5 rings (SSSR count). The molecular formula is C30H31NO5S. The summed E-state index contributed by atoms with van der Waals surface area (Å²) in [7, 11) is -1.57. The van der Waals surface area contributed by atoms with E-state index in [1.54, 1.807) is 0 Å². The molecule has 0 amide bonds. The van der Waals surface area contributed by atoms with Crippen LogP contribution in [0.15, 0.2) is 60.7 Å². The molecule has 4 aromatic rings. The van der Waals surface area contributed by atoms with Crippen molar-refractivity contribution in [2.24, 2.45) is 5.41 Å². The molecule has 0 saturated carbocycles. The Morgan fingerprint density at radius 3 is 2.27 bits per heavy atom. The number of nitrogens with zero attached hydrogens (tertiary/aromatic N) is 1. The molecule has 1 aliphatic rings. The number of hydrogen-bond acceptors (Lipinski definition) is 6. The van der Waals surface area contributed by atoms with Crippen LogP contribution in [0.5, 0.6) is 17.4 Å². The lowest BCUT2D eigenvalue weighted by atomic mass is 9.89. The van der Waals surface area contributed by atoms with Crippen molar-refractivity contribution in [1.82, 2.24) is 4.37 Å². The Morgan fingerprint density at radius 2 is 1.68 bits per heavy atom. The minimum absolute atomic E-state index is 0.107. The van der Waals surface area contributed by atoms with E-state index in [2.05, 4.69) is 62.4 Å². The van der Waals surface area contributed by atoms with Gasteiger partial charge in [0.15, 0.2) is 0 Å². The van der Waals surface area contributed by atoms with Gasteiger partial charge in [-0.05, 0) is 90.6 Å². The van der Waals surface area contributed by atoms with E-state index in [9.17, 15) is 9.66 Å². The maximum absolute atomic E-state index is 12.0. The second kappa shape index (κ2) is 10.2. The summed E-state index contributed by atoms with van der Waals surface area (Å²) in [6, 6.07) is 19.3. The van der Waals surface area contributed by atoms with Crippen LogP contribution < -0.4 is 9.47 Å². The number of hydrogen-bond donors (Lipinski definition) is 1. The second-order valence-electron chi connectivity index (χ2n) is 10.1. The molecule has 37 heavy (non-hydrogen) atoms. The lowest BCUT2D eigenvalue weighted by molar-refractivity contribution is -0.120. The largest absolute Gasteiger partial charge is 0.568 e. The first-order chi connectivity index (χ1) is 17.7. The Kier molecular flexibility index (Phi) is 6.94. The van der Waals surface area contributed by atoms with Gasteiger partial charge in [-0.1, -0.05) is 25.1 Å². The number of benzene rings is 3. The summed E-state index contributed by atoms with van der Waals surface area (Å²) in [6.45, 7) is 11.2. The topological polar surface area (TPSA) is 83.9 Å². The van der Waals surface area contributed by atoms with Crippen molar-refractivity contribution in [2.45, 2.75) is 34.3 Å². The van der Waals surface area contributed by atoms with Crippen molar-refractivity contribution in [1.29, 1.82) is 0 Å². The van der Waals surface area contributed by atoms with Crippen LogP contribution in [-0.4, -0.2) is 33.9 Å². The smallest absolute Gasteiger partial charge is 0.270 e. The SMILES string of the molecule is Cc1cc(OCC2(C)COC2)cc(C)c1-c1cccc(COc2ccc(-c3cc(O)n[s+]3[O-])cc2)c1C. The second-order valence-corrected chi connectivity index (χ2v) is 11.3. The third kappa shape index (κ3) is 5.34. The third-order valence-electron chi connectivity index (χ3n) is 6.87. The van der Waals surface area contributed by atoms with Gasteiger partial charge in [-0.3, -0.25) is 0 Å². The lowest BCUT2D eigenvalue weighted by Crippen LogP contribution is -2.44. The molecule has 1 saturated heterocycles. The Hall–Kier alpha value is -3.39. The molecule has 3 aromatic carbocycles. The Balaban J connectivity index is 1.31. The molecule has 0 radical (unpaired) electrons. The zero-order valence-corrected chi connectivity index (χ0v) is 22.4. The predicted molar refractivity (Wildman–Crippen MR) is 145 cm³/mol. The van der Waals surface area contributed by atoms with Crippen LogP contribution in [0.25, 0.3) is 21.6 Å². The zero-order chi connectivity index (χ0) is 26.2. The molecule has 0 spiro atoms. The van der Waals surface area contributed by atoms with Crippen molar-refractivity contribution in [3.05, 3.63) is 82.9 Å². The van der Waals surface area contributed by atoms with Gasteiger partial charge >= 0.3 is 0 Å². The molecular weight excluding hydrogens is 486 g/mol. The van der Waals surface area contributed by atoms with Crippen LogP contribution >= 0.6 is 10.9 Å². The number of aromatic nitrogens is 1. The molecule has 1 aromatic heterocycles. The summed E-state index contributed by atoms with van der Waals surface area (Å²) in [5.41, 5.74) is 7.89. The minimum atomic E-state index is -1.57. The maximum Gasteiger partial charge on any atom is 0.270 e. The van der Waals surface area contributed by atoms with Crippen molar-refractivity contribution in [3.8, 4) is 38.9 Å². The lowest BCUT2D eigenvalue weighted by Gasteiger charge is -2.37. The van der Waals surface area contributed by atoms with E-state index in [1.807, 2.05) is 24.3 Å². The van der Waals surface area contributed by atoms with E-state index in [-0.39, 0.29) is 11.3 Å². The van der Waals surface area contributed by atoms with Crippen LogP contribution in [0, 0.1) is 26.2 Å². The summed E-state index contributed by atoms with van der Waals surface area (Å²) in [5.74, 6) is 1.39. The van der Waals surface area contributed by atoms with E-state index in [4.69, 9.17) is 14.2 Å². The molecule has 1 N–H and O–H groups in total. The first-order valence-electron chi connectivity index (χ1n) is 12.3. The summed E-state index contributed by atoms with van der Waals surface area (Å²) in [5, 5.41) is 9.48. The fourth-order valence-electron chi connectivity index (χ4n) is 4.72. The summed E-state index contributed by atoms with van der Waals surface area (Å²) in [6.07, 6.45) is 0. The molecule has 1 fully saturated rings. The zero-order valence-electron chi connectivity index (χ0n) is 21.5. The normalized spacial score (nSPS) is 14.8. The molecule has 7 heteroatoms. The van der Waals surface area contributed by atoms with Gasteiger partial charge < -0.3 is 23.9 Å².